The number of barbiturate groups is 1. The molecule has 1 N–H and O–H groups in total. The van der Waals surface area contributed by atoms with E-state index in [9.17, 15) is 14.4 Å². The average Bonchev–Trinajstić information content (AvgIpc) is 2.66. The fraction of sp³-hybridized carbons (Fsp3) is 0.167. The summed E-state index contributed by atoms with van der Waals surface area (Å²) in [5, 5.41) is 2.17. The summed E-state index contributed by atoms with van der Waals surface area (Å²) < 4.78 is 5.07. The SMILES string of the molecule is COc1ccc(N2C(=O)NC(=O)/C(=C/c3cnc(N(C)C)nc3)C2=O)cc1. The number of hydrogen-bond acceptors (Lipinski definition) is 7. The molecule has 138 valence electrons. The zero-order chi connectivity index (χ0) is 19.6. The Morgan fingerprint density at radius 2 is 1.70 bits per heavy atom. The molecule has 1 saturated heterocycles. The first kappa shape index (κ1) is 18.1. The normalized spacial score (nSPS) is 15.7. The summed E-state index contributed by atoms with van der Waals surface area (Å²) >= 11 is 0. The summed E-state index contributed by atoms with van der Waals surface area (Å²) in [5.74, 6) is -0.433. The van der Waals surface area contributed by atoms with E-state index in [4.69, 9.17) is 4.74 Å². The van der Waals surface area contributed by atoms with E-state index in [1.807, 2.05) is 0 Å². The molecule has 0 atom stereocenters. The van der Waals surface area contributed by atoms with Crippen LogP contribution < -0.4 is 19.9 Å². The summed E-state index contributed by atoms with van der Waals surface area (Å²) in [5.41, 5.74) is 0.589. The fourth-order valence-electron chi connectivity index (χ4n) is 2.43. The topological polar surface area (TPSA) is 105 Å². The minimum Gasteiger partial charge on any atom is -0.497 e. The van der Waals surface area contributed by atoms with Crippen molar-refractivity contribution in [2.24, 2.45) is 0 Å². The van der Waals surface area contributed by atoms with Crippen LogP contribution in [-0.2, 0) is 9.59 Å². The molecule has 1 aliphatic rings. The maximum atomic E-state index is 12.8. The molecule has 0 aliphatic carbocycles. The van der Waals surface area contributed by atoms with Crippen molar-refractivity contribution in [2.75, 3.05) is 31.0 Å². The highest BCUT2D eigenvalue weighted by Gasteiger charge is 2.36. The average molecular weight is 367 g/mol. The van der Waals surface area contributed by atoms with Crippen LogP contribution in [0.1, 0.15) is 5.56 Å². The van der Waals surface area contributed by atoms with Crippen LogP contribution in [0, 0.1) is 0 Å². The fourth-order valence-corrected chi connectivity index (χ4v) is 2.43. The van der Waals surface area contributed by atoms with Crippen LogP contribution in [0.2, 0.25) is 0 Å². The number of aromatic nitrogens is 2. The van der Waals surface area contributed by atoms with Crippen molar-refractivity contribution in [1.82, 2.24) is 15.3 Å². The number of hydrogen-bond donors (Lipinski definition) is 1. The largest absolute Gasteiger partial charge is 0.497 e. The second-order valence-electron chi connectivity index (χ2n) is 5.87. The lowest BCUT2D eigenvalue weighted by atomic mass is 10.1. The summed E-state index contributed by atoms with van der Waals surface area (Å²) in [4.78, 5) is 48.0. The second-order valence-corrected chi connectivity index (χ2v) is 5.87. The number of imide groups is 2. The van der Waals surface area contributed by atoms with Crippen LogP contribution in [0.25, 0.3) is 6.08 Å². The molecule has 9 heteroatoms. The molecular weight excluding hydrogens is 350 g/mol. The van der Waals surface area contributed by atoms with Crippen molar-refractivity contribution in [3.05, 3.63) is 47.8 Å². The van der Waals surface area contributed by atoms with Crippen molar-refractivity contribution in [1.29, 1.82) is 0 Å². The minimum atomic E-state index is -0.813. The summed E-state index contributed by atoms with van der Waals surface area (Å²) in [6.45, 7) is 0. The second kappa shape index (κ2) is 7.24. The Labute approximate surface area is 155 Å². The van der Waals surface area contributed by atoms with E-state index >= 15 is 0 Å². The number of carbonyl (C=O) groups excluding carboxylic acids is 3. The van der Waals surface area contributed by atoms with Crippen LogP contribution in [0.15, 0.2) is 42.2 Å². The molecule has 4 amide bonds. The molecule has 0 saturated carbocycles. The molecule has 0 unspecified atom stereocenters. The highest BCUT2D eigenvalue weighted by Crippen LogP contribution is 2.24. The van der Waals surface area contributed by atoms with Gasteiger partial charge in [-0.3, -0.25) is 14.9 Å². The number of nitrogens with zero attached hydrogens (tertiary/aromatic N) is 4. The van der Waals surface area contributed by atoms with Gasteiger partial charge in [-0.15, -0.1) is 0 Å². The van der Waals surface area contributed by atoms with Gasteiger partial charge in [0.2, 0.25) is 5.95 Å². The highest BCUT2D eigenvalue weighted by atomic mass is 16.5. The molecule has 1 fully saturated rings. The van der Waals surface area contributed by atoms with Gasteiger partial charge in [0, 0.05) is 32.1 Å². The van der Waals surface area contributed by atoms with Gasteiger partial charge in [-0.25, -0.2) is 19.7 Å². The lowest BCUT2D eigenvalue weighted by molar-refractivity contribution is -0.122. The van der Waals surface area contributed by atoms with Crippen LogP contribution in [-0.4, -0.2) is 49.0 Å². The summed E-state index contributed by atoms with van der Waals surface area (Å²) in [6, 6.07) is 5.52. The number of ether oxygens (including phenoxy) is 1. The molecule has 0 radical (unpaired) electrons. The van der Waals surface area contributed by atoms with Gasteiger partial charge in [0.25, 0.3) is 11.8 Å². The number of nitrogens with one attached hydrogen (secondary N) is 1. The molecule has 1 aromatic heterocycles. The quantitative estimate of drug-likeness (QED) is 0.640. The molecular formula is C18H17N5O4. The zero-order valence-electron chi connectivity index (χ0n) is 15.0. The van der Waals surface area contributed by atoms with Crippen LogP contribution >= 0.6 is 0 Å². The Bertz CT molecular complexity index is 920. The van der Waals surface area contributed by atoms with Gasteiger partial charge in [0.15, 0.2) is 0 Å². The van der Waals surface area contributed by atoms with E-state index in [-0.39, 0.29) is 5.57 Å². The molecule has 3 rings (SSSR count). The van der Waals surface area contributed by atoms with Crippen molar-refractivity contribution < 1.29 is 19.1 Å². The van der Waals surface area contributed by atoms with Gasteiger partial charge in [0.1, 0.15) is 11.3 Å². The number of methoxy groups -OCH3 is 1. The van der Waals surface area contributed by atoms with Crippen LogP contribution in [0.4, 0.5) is 16.4 Å². The Kier molecular flexibility index (Phi) is 4.84. The number of carbonyl (C=O) groups is 3. The third-order valence-electron chi connectivity index (χ3n) is 3.80. The first-order valence-corrected chi connectivity index (χ1v) is 7.95. The van der Waals surface area contributed by atoms with Crippen molar-refractivity contribution in [3.63, 3.8) is 0 Å². The summed E-state index contributed by atoms with van der Waals surface area (Å²) in [6.07, 6.45) is 4.33. The Balaban J connectivity index is 1.93. The Hall–Kier alpha value is -3.75. The van der Waals surface area contributed by atoms with Crippen LogP contribution in [0.3, 0.4) is 0 Å². The van der Waals surface area contributed by atoms with Gasteiger partial charge in [0.05, 0.1) is 12.8 Å². The van der Waals surface area contributed by atoms with Crippen molar-refractivity contribution in [2.45, 2.75) is 0 Å². The lowest BCUT2D eigenvalue weighted by Gasteiger charge is -2.26. The van der Waals surface area contributed by atoms with E-state index in [1.165, 1.54) is 25.6 Å². The summed E-state index contributed by atoms with van der Waals surface area (Å²) in [7, 11) is 5.10. The maximum absolute atomic E-state index is 12.8. The minimum absolute atomic E-state index is 0.188. The number of benzene rings is 1. The van der Waals surface area contributed by atoms with E-state index in [0.29, 0.717) is 22.9 Å². The van der Waals surface area contributed by atoms with E-state index in [0.717, 1.165) is 4.90 Å². The first-order valence-electron chi connectivity index (χ1n) is 7.95. The predicted molar refractivity (Wildman–Crippen MR) is 98.4 cm³/mol. The molecule has 0 spiro atoms. The molecule has 1 aliphatic heterocycles. The van der Waals surface area contributed by atoms with Gasteiger partial charge in [-0.05, 0) is 30.3 Å². The van der Waals surface area contributed by atoms with Gasteiger partial charge >= 0.3 is 6.03 Å². The molecule has 27 heavy (non-hydrogen) atoms. The molecule has 9 nitrogen and oxygen atoms in total. The Morgan fingerprint density at radius 1 is 1.07 bits per heavy atom. The Morgan fingerprint density at radius 3 is 2.26 bits per heavy atom. The molecule has 2 heterocycles. The number of anilines is 2. The smallest absolute Gasteiger partial charge is 0.335 e. The highest BCUT2D eigenvalue weighted by molar-refractivity contribution is 6.39. The third-order valence-corrected chi connectivity index (χ3v) is 3.80. The molecule has 2 aromatic rings. The number of amides is 4. The first-order chi connectivity index (χ1) is 12.9. The third kappa shape index (κ3) is 3.61. The standard InChI is InChI=1S/C18H17N5O4/c1-22(2)17-19-9-11(10-20-17)8-14-15(24)21-18(26)23(16(14)25)12-4-6-13(27-3)7-5-12/h4-10H,1-3H3,(H,21,24,26)/b14-8-. The lowest BCUT2D eigenvalue weighted by Crippen LogP contribution is -2.54. The van der Waals surface area contributed by atoms with E-state index < -0.39 is 17.8 Å². The number of rotatable bonds is 4. The predicted octanol–water partition coefficient (Wildman–Crippen LogP) is 1.22. The maximum Gasteiger partial charge on any atom is 0.335 e. The molecule has 0 bridgehead atoms. The van der Waals surface area contributed by atoms with Crippen LogP contribution in [0.5, 0.6) is 5.75 Å². The molecule has 1 aromatic carbocycles. The van der Waals surface area contributed by atoms with Crippen molar-refractivity contribution in [3.8, 4) is 5.75 Å². The van der Waals surface area contributed by atoms with Gasteiger partial charge in [-0.1, -0.05) is 0 Å². The zero-order valence-corrected chi connectivity index (χ0v) is 15.0. The monoisotopic (exact) mass is 367 g/mol. The van der Waals surface area contributed by atoms with Gasteiger partial charge in [-0.2, -0.15) is 0 Å². The van der Waals surface area contributed by atoms with E-state index in [1.54, 1.807) is 43.3 Å². The van der Waals surface area contributed by atoms with E-state index in [2.05, 4.69) is 15.3 Å². The van der Waals surface area contributed by atoms with Gasteiger partial charge < -0.3 is 9.64 Å². The number of urea groups is 1. The van der Waals surface area contributed by atoms with Crippen molar-refractivity contribution >= 4 is 35.6 Å².